The molecule has 26 heavy (non-hydrogen) atoms. The van der Waals surface area contributed by atoms with Gasteiger partial charge in [0.05, 0.1) is 17.8 Å². The van der Waals surface area contributed by atoms with Crippen LogP contribution >= 0.6 is 15.9 Å². The summed E-state index contributed by atoms with van der Waals surface area (Å²) >= 11 is 3.38. The Morgan fingerprint density at radius 3 is 2.42 bits per heavy atom. The van der Waals surface area contributed by atoms with E-state index in [0.29, 0.717) is 11.3 Å². The molecular weight excluding hydrogens is 394 g/mol. The molecule has 3 N–H and O–H groups in total. The Labute approximate surface area is 161 Å². The molecule has 0 atom stereocenters. The van der Waals surface area contributed by atoms with E-state index in [9.17, 15) is 9.59 Å². The minimum atomic E-state index is -0.200. The van der Waals surface area contributed by atoms with Gasteiger partial charge in [-0.15, -0.1) is 0 Å². The Bertz CT molecular complexity index is 771. The molecule has 2 amide bonds. The van der Waals surface area contributed by atoms with E-state index in [1.807, 2.05) is 30.3 Å². The maximum Gasteiger partial charge on any atom is 0.253 e. The van der Waals surface area contributed by atoms with Crippen molar-refractivity contribution < 1.29 is 9.59 Å². The molecule has 1 saturated carbocycles. The number of anilines is 2. The molecule has 5 nitrogen and oxygen atoms in total. The monoisotopic (exact) mass is 415 g/mol. The molecule has 2 aromatic rings. The quantitative estimate of drug-likeness (QED) is 0.662. The molecule has 2 aromatic carbocycles. The van der Waals surface area contributed by atoms with Crippen LogP contribution in [-0.2, 0) is 4.79 Å². The van der Waals surface area contributed by atoms with E-state index >= 15 is 0 Å². The average molecular weight is 416 g/mol. The van der Waals surface area contributed by atoms with Crippen LogP contribution in [0.5, 0.6) is 0 Å². The standard InChI is InChI=1S/C20H22BrN3O2/c21-14-9-11-15(12-10-14)22-13-19(25)24-18-8-4-3-7-17(18)20(26)23-16-5-1-2-6-16/h3-4,7-12,16,22H,1-2,5-6,13H2,(H,23,26)(H,24,25). The summed E-state index contributed by atoms with van der Waals surface area (Å²) in [4.78, 5) is 24.8. The second kappa shape index (κ2) is 8.85. The number of carbonyl (C=O) groups is 2. The lowest BCUT2D eigenvalue weighted by atomic mass is 10.1. The molecule has 0 unspecified atom stereocenters. The van der Waals surface area contributed by atoms with Crippen molar-refractivity contribution in [2.45, 2.75) is 31.7 Å². The molecule has 0 saturated heterocycles. The SMILES string of the molecule is O=C(CNc1ccc(Br)cc1)Nc1ccccc1C(=O)NC1CCCC1. The van der Waals surface area contributed by atoms with Crippen molar-refractivity contribution in [2.24, 2.45) is 0 Å². The fourth-order valence-corrected chi connectivity index (χ4v) is 3.33. The van der Waals surface area contributed by atoms with Crippen LogP contribution in [0, 0.1) is 0 Å². The van der Waals surface area contributed by atoms with Gasteiger partial charge in [-0.2, -0.15) is 0 Å². The summed E-state index contributed by atoms with van der Waals surface area (Å²) in [5.41, 5.74) is 1.89. The number of hydrogen-bond donors (Lipinski definition) is 3. The Morgan fingerprint density at radius 1 is 1.00 bits per heavy atom. The van der Waals surface area contributed by atoms with Crippen LogP contribution in [0.4, 0.5) is 11.4 Å². The number of carbonyl (C=O) groups excluding carboxylic acids is 2. The zero-order chi connectivity index (χ0) is 18.4. The normalized spacial score (nSPS) is 14.0. The van der Waals surface area contributed by atoms with E-state index in [1.54, 1.807) is 18.2 Å². The molecule has 1 fully saturated rings. The molecule has 0 bridgehead atoms. The van der Waals surface area contributed by atoms with Gasteiger partial charge in [0.25, 0.3) is 5.91 Å². The van der Waals surface area contributed by atoms with E-state index in [0.717, 1.165) is 35.8 Å². The lowest BCUT2D eigenvalue weighted by molar-refractivity contribution is -0.114. The first-order chi connectivity index (χ1) is 12.6. The van der Waals surface area contributed by atoms with Crippen molar-refractivity contribution in [1.29, 1.82) is 0 Å². The highest BCUT2D eigenvalue weighted by molar-refractivity contribution is 9.10. The van der Waals surface area contributed by atoms with E-state index in [4.69, 9.17) is 0 Å². The van der Waals surface area contributed by atoms with Gasteiger partial charge >= 0.3 is 0 Å². The van der Waals surface area contributed by atoms with Crippen LogP contribution in [0.15, 0.2) is 53.0 Å². The van der Waals surface area contributed by atoms with Gasteiger partial charge in [-0.25, -0.2) is 0 Å². The summed E-state index contributed by atoms with van der Waals surface area (Å²) < 4.78 is 0.981. The van der Waals surface area contributed by atoms with Crippen molar-refractivity contribution in [1.82, 2.24) is 5.32 Å². The van der Waals surface area contributed by atoms with Gasteiger partial charge in [0, 0.05) is 16.2 Å². The summed E-state index contributed by atoms with van der Waals surface area (Å²) in [6.07, 6.45) is 4.37. The second-order valence-electron chi connectivity index (χ2n) is 6.41. The van der Waals surface area contributed by atoms with Crippen molar-refractivity contribution in [3.05, 3.63) is 58.6 Å². The first kappa shape index (κ1) is 18.5. The highest BCUT2D eigenvalue weighted by Crippen LogP contribution is 2.20. The minimum Gasteiger partial charge on any atom is -0.376 e. The predicted octanol–water partition coefficient (Wildman–Crippen LogP) is 4.17. The molecule has 1 aliphatic carbocycles. The van der Waals surface area contributed by atoms with Crippen molar-refractivity contribution in [3.63, 3.8) is 0 Å². The van der Waals surface area contributed by atoms with Gasteiger partial charge in [0.1, 0.15) is 0 Å². The minimum absolute atomic E-state index is 0.125. The van der Waals surface area contributed by atoms with Gasteiger partial charge in [-0.3, -0.25) is 9.59 Å². The van der Waals surface area contributed by atoms with E-state index in [1.165, 1.54) is 0 Å². The zero-order valence-electron chi connectivity index (χ0n) is 14.4. The van der Waals surface area contributed by atoms with Crippen LogP contribution in [0.1, 0.15) is 36.0 Å². The topological polar surface area (TPSA) is 70.2 Å². The van der Waals surface area contributed by atoms with Gasteiger partial charge in [0.2, 0.25) is 5.91 Å². The highest BCUT2D eigenvalue weighted by atomic mass is 79.9. The zero-order valence-corrected chi connectivity index (χ0v) is 16.0. The van der Waals surface area contributed by atoms with Crippen LogP contribution in [0.2, 0.25) is 0 Å². The first-order valence-corrected chi connectivity index (χ1v) is 9.60. The Hall–Kier alpha value is -2.34. The maximum atomic E-state index is 12.5. The van der Waals surface area contributed by atoms with Gasteiger partial charge < -0.3 is 16.0 Å². The van der Waals surface area contributed by atoms with Gasteiger partial charge in [0.15, 0.2) is 0 Å². The summed E-state index contributed by atoms with van der Waals surface area (Å²) in [5, 5.41) is 8.95. The number of amides is 2. The molecule has 6 heteroatoms. The molecule has 136 valence electrons. The van der Waals surface area contributed by atoms with Crippen molar-refractivity contribution in [3.8, 4) is 0 Å². The largest absolute Gasteiger partial charge is 0.376 e. The van der Waals surface area contributed by atoms with E-state index < -0.39 is 0 Å². The van der Waals surface area contributed by atoms with Crippen LogP contribution < -0.4 is 16.0 Å². The van der Waals surface area contributed by atoms with Crippen molar-refractivity contribution in [2.75, 3.05) is 17.2 Å². The third-order valence-electron chi connectivity index (χ3n) is 4.43. The second-order valence-corrected chi connectivity index (χ2v) is 7.32. The van der Waals surface area contributed by atoms with Crippen LogP contribution in [0.25, 0.3) is 0 Å². The highest BCUT2D eigenvalue weighted by Gasteiger charge is 2.20. The maximum absolute atomic E-state index is 12.5. The van der Waals surface area contributed by atoms with E-state index in [2.05, 4.69) is 31.9 Å². The van der Waals surface area contributed by atoms with Crippen LogP contribution in [-0.4, -0.2) is 24.4 Å². The van der Waals surface area contributed by atoms with Crippen molar-refractivity contribution >= 4 is 39.1 Å². The fraction of sp³-hybridized carbons (Fsp3) is 0.300. The third-order valence-corrected chi connectivity index (χ3v) is 4.96. The van der Waals surface area contributed by atoms with Crippen LogP contribution in [0.3, 0.4) is 0 Å². The molecule has 3 rings (SSSR count). The Kier molecular flexibility index (Phi) is 6.28. The summed E-state index contributed by atoms with van der Waals surface area (Å²) in [7, 11) is 0. The first-order valence-electron chi connectivity index (χ1n) is 8.81. The summed E-state index contributed by atoms with van der Waals surface area (Å²) in [5.74, 6) is -0.331. The molecule has 0 aliphatic heterocycles. The number of benzene rings is 2. The molecule has 1 aliphatic rings. The summed E-state index contributed by atoms with van der Waals surface area (Å²) in [6, 6.07) is 14.9. The lowest BCUT2D eigenvalue weighted by Crippen LogP contribution is -2.33. The fourth-order valence-electron chi connectivity index (χ4n) is 3.07. The molecular formula is C20H22BrN3O2. The Morgan fingerprint density at radius 2 is 1.69 bits per heavy atom. The number of rotatable bonds is 6. The molecule has 0 heterocycles. The molecule has 0 spiro atoms. The smallest absolute Gasteiger partial charge is 0.253 e. The van der Waals surface area contributed by atoms with Gasteiger partial charge in [-0.05, 0) is 49.2 Å². The lowest BCUT2D eigenvalue weighted by Gasteiger charge is -2.15. The van der Waals surface area contributed by atoms with E-state index in [-0.39, 0.29) is 24.4 Å². The average Bonchev–Trinajstić information content (AvgIpc) is 3.14. The van der Waals surface area contributed by atoms with Gasteiger partial charge in [-0.1, -0.05) is 40.9 Å². The molecule has 0 radical (unpaired) electrons. The number of halogens is 1. The Balaban J connectivity index is 1.59. The predicted molar refractivity (Wildman–Crippen MR) is 107 cm³/mol. The molecule has 0 aromatic heterocycles. The summed E-state index contributed by atoms with van der Waals surface area (Å²) in [6.45, 7) is 0.125. The number of hydrogen-bond acceptors (Lipinski definition) is 3. The number of para-hydroxylation sites is 1. The third kappa shape index (κ3) is 5.08. The number of nitrogens with one attached hydrogen (secondary N) is 3.